The first kappa shape index (κ1) is 23.5. The van der Waals surface area contributed by atoms with Crippen molar-refractivity contribution in [3.63, 3.8) is 0 Å². The monoisotopic (exact) mass is 438 g/mol. The molecule has 1 aliphatic heterocycles. The standard InChI is InChI=1S/C25H34N4O3/c1-8-16(2)32-21-14-13-18(25(4,5)6)15-19(21)26-24(30)23-17(3)29(28-27-23)20-11-9-10-12-22(20)31-7/h9-16,27-28H,8H2,1-7H3,(H,26,30). The molecule has 0 saturated carbocycles. The Bertz CT molecular complexity index is 1010. The minimum Gasteiger partial charge on any atom is -0.495 e. The second kappa shape index (κ2) is 9.53. The number of nitrogens with one attached hydrogen (secondary N) is 3. The number of methoxy groups -OCH3 is 1. The third-order valence-corrected chi connectivity index (χ3v) is 5.54. The molecule has 0 bridgehead atoms. The Morgan fingerprint density at radius 2 is 1.88 bits per heavy atom. The molecule has 32 heavy (non-hydrogen) atoms. The van der Waals surface area contributed by atoms with Gasteiger partial charge in [0.05, 0.1) is 24.6 Å². The van der Waals surface area contributed by atoms with Gasteiger partial charge < -0.3 is 14.8 Å². The molecule has 172 valence electrons. The number of hydrogen-bond acceptors (Lipinski definition) is 6. The van der Waals surface area contributed by atoms with Gasteiger partial charge in [-0.05, 0) is 55.5 Å². The molecule has 1 amide bonds. The van der Waals surface area contributed by atoms with Crippen molar-refractivity contribution < 1.29 is 14.3 Å². The van der Waals surface area contributed by atoms with Crippen molar-refractivity contribution in [2.75, 3.05) is 17.4 Å². The molecule has 0 radical (unpaired) electrons. The van der Waals surface area contributed by atoms with E-state index in [1.54, 1.807) is 12.1 Å². The molecule has 0 saturated heterocycles. The molecular formula is C25H34N4O3. The predicted molar refractivity (Wildman–Crippen MR) is 129 cm³/mol. The molecule has 3 rings (SSSR count). The largest absolute Gasteiger partial charge is 0.495 e. The fraction of sp³-hybridized carbons (Fsp3) is 0.400. The number of allylic oxidation sites excluding steroid dienone is 1. The number of hydrazine groups is 2. The lowest BCUT2D eigenvalue weighted by atomic mass is 9.87. The van der Waals surface area contributed by atoms with Crippen molar-refractivity contribution in [2.24, 2.45) is 0 Å². The quantitative estimate of drug-likeness (QED) is 0.573. The molecule has 0 fully saturated rings. The van der Waals surface area contributed by atoms with Crippen molar-refractivity contribution in [3.05, 3.63) is 59.4 Å². The van der Waals surface area contributed by atoms with E-state index in [9.17, 15) is 4.79 Å². The average Bonchev–Trinajstić information content (AvgIpc) is 3.15. The summed E-state index contributed by atoms with van der Waals surface area (Å²) in [5, 5.41) is 4.83. The van der Waals surface area contributed by atoms with E-state index in [2.05, 4.69) is 50.0 Å². The lowest BCUT2D eigenvalue weighted by Gasteiger charge is -2.23. The molecule has 1 heterocycles. The van der Waals surface area contributed by atoms with Crippen LogP contribution in [0.5, 0.6) is 11.5 Å². The molecule has 1 atom stereocenters. The Morgan fingerprint density at radius 1 is 1.16 bits per heavy atom. The Hall–Kier alpha value is -3.19. The molecule has 0 spiro atoms. The Balaban J connectivity index is 1.91. The molecule has 2 aromatic carbocycles. The first-order valence-electron chi connectivity index (χ1n) is 10.9. The normalized spacial score (nSPS) is 14.8. The lowest BCUT2D eigenvalue weighted by molar-refractivity contribution is -0.113. The number of amides is 1. The van der Waals surface area contributed by atoms with Crippen LogP contribution in [-0.4, -0.2) is 19.1 Å². The maximum Gasteiger partial charge on any atom is 0.275 e. The van der Waals surface area contributed by atoms with Gasteiger partial charge in [0, 0.05) is 0 Å². The summed E-state index contributed by atoms with van der Waals surface area (Å²) in [5.74, 6) is 1.10. The Kier molecular flexibility index (Phi) is 6.99. The zero-order valence-corrected chi connectivity index (χ0v) is 20.0. The number of carbonyl (C=O) groups excluding carboxylic acids is 1. The molecule has 1 aliphatic rings. The number of carbonyl (C=O) groups is 1. The summed E-state index contributed by atoms with van der Waals surface area (Å²) in [7, 11) is 1.62. The van der Waals surface area contributed by atoms with Crippen molar-refractivity contribution in [1.29, 1.82) is 0 Å². The molecule has 0 aromatic heterocycles. The highest BCUT2D eigenvalue weighted by Crippen LogP contribution is 2.34. The van der Waals surface area contributed by atoms with Crippen molar-refractivity contribution >= 4 is 17.3 Å². The third kappa shape index (κ3) is 4.99. The lowest BCUT2D eigenvalue weighted by Crippen LogP contribution is -2.39. The summed E-state index contributed by atoms with van der Waals surface area (Å²) in [5.41, 5.74) is 9.69. The maximum atomic E-state index is 13.2. The fourth-order valence-electron chi connectivity index (χ4n) is 3.36. The predicted octanol–water partition coefficient (Wildman–Crippen LogP) is 4.87. The van der Waals surface area contributed by atoms with Gasteiger partial charge in [-0.1, -0.05) is 45.9 Å². The van der Waals surface area contributed by atoms with E-state index in [4.69, 9.17) is 9.47 Å². The number of para-hydroxylation sites is 2. The summed E-state index contributed by atoms with van der Waals surface area (Å²) in [6.45, 7) is 12.4. The van der Waals surface area contributed by atoms with Gasteiger partial charge in [-0.25, -0.2) is 0 Å². The topological polar surface area (TPSA) is 74.9 Å². The van der Waals surface area contributed by atoms with Gasteiger partial charge in [-0.3, -0.25) is 15.2 Å². The maximum absolute atomic E-state index is 13.2. The number of rotatable bonds is 7. The molecule has 7 heteroatoms. The summed E-state index contributed by atoms with van der Waals surface area (Å²) in [6.07, 6.45) is 0.914. The van der Waals surface area contributed by atoms with Crippen LogP contribution < -0.4 is 30.8 Å². The molecule has 3 N–H and O–H groups in total. The molecule has 2 aromatic rings. The minimum atomic E-state index is -0.257. The molecule has 7 nitrogen and oxygen atoms in total. The average molecular weight is 439 g/mol. The van der Waals surface area contributed by atoms with E-state index in [1.807, 2.05) is 50.2 Å². The summed E-state index contributed by atoms with van der Waals surface area (Å²) < 4.78 is 11.5. The van der Waals surface area contributed by atoms with E-state index in [0.717, 1.165) is 23.4 Å². The van der Waals surface area contributed by atoms with Gasteiger partial charge in [-0.2, -0.15) is 0 Å². The van der Waals surface area contributed by atoms with Crippen LogP contribution in [0.3, 0.4) is 0 Å². The van der Waals surface area contributed by atoms with Crippen LogP contribution in [0, 0.1) is 0 Å². The van der Waals surface area contributed by atoms with Gasteiger partial charge in [0.2, 0.25) is 0 Å². The van der Waals surface area contributed by atoms with Crippen LogP contribution in [0.2, 0.25) is 0 Å². The first-order valence-corrected chi connectivity index (χ1v) is 10.9. The number of ether oxygens (including phenoxy) is 2. The van der Waals surface area contributed by atoms with Crippen LogP contribution in [-0.2, 0) is 10.2 Å². The molecule has 1 unspecified atom stereocenters. The SMILES string of the molecule is CCC(C)Oc1ccc(C(C)(C)C)cc1NC(=O)C1=C(C)N(c2ccccc2OC)NN1. The van der Waals surface area contributed by atoms with Crippen LogP contribution >= 0.6 is 0 Å². The van der Waals surface area contributed by atoms with Gasteiger partial charge in [0.25, 0.3) is 5.91 Å². The van der Waals surface area contributed by atoms with E-state index >= 15 is 0 Å². The third-order valence-electron chi connectivity index (χ3n) is 5.54. The number of nitrogens with zero attached hydrogens (tertiary/aromatic N) is 1. The highest BCUT2D eigenvalue weighted by atomic mass is 16.5. The van der Waals surface area contributed by atoms with Crippen molar-refractivity contribution in [1.82, 2.24) is 11.0 Å². The Labute approximate surface area is 190 Å². The second-order valence-electron chi connectivity index (χ2n) is 8.96. The Morgan fingerprint density at radius 3 is 2.53 bits per heavy atom. The minimum absolute atomic E-state index is 0.0411. The first-order chi connectivity index (χ1) is 15.2. The van der Waals surface area contributed by atoms with Crippen molar-refractivity contribution in [3.8, 4) is 11.5 Å². The summed E-state index contributed by atoms with van der Waals surface area (Å²) >= 11 is 0. The van der Waals surface area contributed by atoms with Gasteiger partial charge in [0.15, 0.2) is 0 Å². The fourth-order valence-corrected chi connectivity index (χ4v) is 3.36. The van der Waals surface area contributed by atoms with E-state index in [0.29, 0.717) is 22.9 Å². The number of hydrogen-bond donors (Lipinski definition) is 3. The van der Waals surface area contributed by atoms with Crippen LogP contribution in [0.25, 0.3) is 0 Å². The summed E-state index contributed by atoms with van der Waals surface area (Å²) in [4.78, 5) is 13.2. The van der Waals surface area contributed by atoms with E-state index in [-0.39, 0.29) is 17.4 Å². The highest BCUT2D eigenvalue weighted by Gasteiger charge is 2.27. The van der Waals surface area contributed by atoms with Crippen LogP contribution in [0.15, 0.2) is 53.9 Å². The van der Waals surface area contributed by atoms with E-state index in [1.165, 1.54) is 0 Å². The van der Waals surface area contributed by atoms with Crippen molar-refractivity contribution in [2.45, 2.75) is 59.5 Å². The number of anilines is 2. The van der Waals surface area contributed by atoms with Gasteiger partial charge in [0.1, 0.15) is 22.9 Å². The van der Waals surface area contributed by atoms with E-state index < -0.39 is 0 Å². The zero-order chi connectivity index (χ0) is 23.5. The van der Waals surface area contributed by atoms with Crippen LogP contribution in [0.1, 0.15) is 53.5 Å². The molecule has 0 aliphatic carbocycles. The smallest absolute Gasteiger partial charge is 0.275 e. The summed E-state index contributed by atoms with van der Waals surface area (Å²) in [6, 6.07) is 13.6. The highest BCUT2D eigenvalue weighted by molar-refractivity contribution is 6.05. The second-order valence-corrected chi connectivity index (χ2v) is 8.96. The number of benzene rings is 2. The molecular weight excluding hydrogens is 404 g/mol. The van der Waals surface area contributed by atoms with Gasteiger partial charge in [-0.15, -0.1) is 5.53 Å². The zero-order valence-electron chi connectivity index (χ0n) is 20.0. The van der Waals surface area contributed by atoms with Gasteiger partial charge >= 0.3 is 0 Å². The van der Waals surface area contributed by atoms with Crippen LogP contribution in [0.4, 0.5) is 11.4 Å².